The van der Waals surface area contributed by atoms with E-state index in [2.05, 4.69) is 32.0 Å². The first-order valence-corrected chi connectivity index (χ1v) is 15.5. The second-order valence-corrected chi connectivity index (χ2v) is 12.2. The molecule has 1 fully saturated rings. The number of nitrogens with zero attached hydrogens (tertiary/aromatic N) is 5. The van der Waals surface area contributed by atoms with Crippen LogP contribution in [-0.4, -0.2) is 43.1 Å². The highest BCUT2D eigenvalue weighted by molar-refractivity contribution is 6.30. The van der Waals surface area contributed by atoms with E-state index >= 15 is 0 Å². The monoisotopic (exact) mass is 628 g/mol. The Balaban J connectivity index is 1.10. The molecule has 2 aliphatic heterocycles. The van der Waals surface area contributed by atoms with Crippen LogP contribution in [0.5, 0.6) is 11.5 Å². The number of carboxylic acids is 1. The van der Waals surface area contributed by atoms with E-state index < -0.39 is 17.6 Å². The molecule has 7 rings (SSSR count). The summed E-state index contributed by atoms with van der Waals surface area (Å²) in [5.41, 5.74) is 3.98. The Morgan fingerprint density at radius 1 is 1.11 bits per heavy atom. The average Bonchev–Trinajstić information content (AvgIpc) is 3.72. The van der Waals surface area contributed by atoms with Crippen molar-refractivity contribution in [2.45, 2.75) is 58.0 Å². The summed E-state index contributed by atoms with van der Waals surface area (Å²) in [4.78, 5) is 23.3. The number of carbonyl (C=O) groups excluding carboxylic acids is 1. The SMILES string of the molecule is CCn1cncc1Cn1c(CN2CCC(c3cccc4c3OC(C)(c3ccc(Cl)cc3F)O4)CC2)nc2ccc(C(=O)[O-])cc21. The van der Waals surface area contributed by atoms with E-state index in [1.54, 1.807) is 37.5 Å². The van der Waals surface area contributed by atoms with Crippen LogP contribution in [-0.2, 0) is 25.4 Å². The molecule has 2 aromatic heterocycles. The van der Waals surface area contributed by atoms with Gasteiger partial charge in [-0.2, -0.15) is 0 Å². The number of aromatic nitrogens is 4. The van der Waals surface area contributed by atoms with E-state index in [4.69, 9.17) is 26.1 Å². The van der Waals surface area contributed by atoms with Gasteiger partial charge in [-0.15, -0.1) is 0 Å². The number of aromatic carboxylic acids is 1. The van der Waals surface area contributed by atoms with Gasteiger partial charge in [0, 0.05) is 30.3 Å². The smallest absolute Gasteiger partial charge is 0.278 e. The van der Waals surface area contributed by atoms with Crippen molar-refractivity contribution in [3.63, 3.8) is 0 Å². The van der Waals surface area contributed by atoms with Crippen LogP contribution in [0.4, 0.5) is 4.39 Å². The van der Waals surface area contributed by atoms with E-state index in [0.29, 0.717) is 35.2 Å². The van der Waals surface area contributed by atoms with Crippen LogP contribution in [0.2, 0.25) is 5.02 Å². The lowest BCUT2D eigenvalue weighted by molar-refractivity contribution is -0.255. The van der Waals surface area contributed by atoms with Crippen LogP contribution in [0.15, 0.2) is 67.1 Å². The molecular weight excluding hydrogens is 597 g/mol. The maximum absolute atomic E-state index is 14.9. The number of carbonyl (C=O) groups is 1. The minimum atomic E-state index is -1.30. The number of halogens is 2. The van der Waals surface area contributed by atoms with Crippen molar-refractivity contribution in [1.82, 2.24) is 24.0 Å². The lowest BCUT2D eigenvalue weighted by Gasteiger charge is -2.32. The number of para-hydroxylation sites is 1. The van der Waals surface area contributed by atoms with Gasteiger partial charge in [0.15, 0.2) is 11.5 Å². The Morgan fingerprint density at radius 3 is 2.69 bits per heavy atom. The van der Waals surface area contributed by atoms with Gasteiger partial charge in [0.05, 0.1) is 47.7 Å². The summed E-state index contributed by atoms with van der Waals surface area (Å²) in [6.45, 7) is 7.36. The Labute approximate surface area is 264 Å². The van der Waals surface area contributed by atoms with Crippen molar-refractivity contribution in [1.29, 1.82) is 0 Å². The number of carboxylic acid groups (broad SMARTS) is 1. The van der Waals surface area contributed by atoms with E-state index in [1.165, 1.54) is 12.1 Å². The summed E-state index contributed by atoms with van der Waals surface area (Å²) in [7, 11) is 0. The average molecular weight is 629 g/mol. The molecule has 0 spiro atoms. The van der Waals surface area contributed by atoms with Gasteiger partial charge in [0.2, 0.25) is 0 Å². The van der Waals surface area contributed by atoms with Crippen molar-refractivity contribution in [2.24, 2.45) is 0 Å². The first-order chi connectivity index (χ1) is 21.7. The van der Waals surface area contributed by atoms with Crippen LogP contribution < -0.4 is 14.6 Å². The number of benzene rings is 3. The third kappa shape index (κ3) is 5.42. The molecule has 45 heavy (non-hydrogen) atoms. The van der Waals surface area contributed by atoms with Gasteiger partial charge in [-0.05, 0) is 80.7 Å². The number of imidazole rings is 2. The molecule has 0 N–H and O–H groups in total. The van der Waals surface area contributed by atoms with Crippen LogP contribution in [0, 0.1) is 5.82 Å². The second kappa shape index (κ2) is 11.5. The fourth-order valence-electron chi connectivity index (χ4n) is 6.56. The highest BCUT2D eigenvalue weighted by atomic mass is 35.5. The number of rotatable bonds is 8. The van der Waals surface area contributed by atoms with Crippen LogP contribution in [0.25, 0.3) is 11.0 Å². The Hall–Kier alpha value is -4.41. The predicted molar refractivity (Wildman–Crippen MR) is 165 cm³/mol. The van der Waals surface area contributed by atoms with Crippen molar-refractivity contribution in [3.05, 3.63) is 106 Å². The molecule has 0 aliphatic carbocycles. The van der Waals surface area contributed by atoms with E-state index in [9.17, 15) is 14.3 Å². The van der Waals surface area contributed by atoms with Gasteiger partial charge >= 0.3 is 0 Å². The zero-order chi connectivity index (χ0) is 31.3. The molecular formula is C34H32ClFN5O4-. The van der Waals surface area contributed by atoms with Gasteiger partial charge in [-0.1, -0.05) is 29.8 Å². The van der Waals surface area contributed by atoms with Gasteiger partial charge in [0.25, 0.3) is 5.79 Å². The molecule has 9 nitrogen and oxygen atoms in total. The fraction of sp³-hybridized carbons (Fsp3) is 0.324. The number of piperidine rings is 1. The molecule has 1 unspecified atom stereocenters. The minimum Gasteiger partial charge on any atom is -0.545 e. The summed E-state index contributed by atoms with van der Waals surface area (Å²) in [6.07, 6.45) is 5.42. The number of hydrogen-bond acceptors (Lipinski definition) is 7. The molecule has 1 saturated heterocycles. The summed E-state index contributed by atoms with van der Waals surface area (Å²) in [5, 5.41) is 12.0. The molecule has 0 saturated carbocycles. The normalized spacial score (nSPS) is 18.6. The van der Waals surface area contributed by atoms with E-state index in [1.807, 2.05) is 18.3 Å². The zero-order valence-corrected chi connectivity index (χ0v) is 25.8. The summed E-state index contributed by atoms with van der Waals surface area (Å²) < 4.78 is 31.6. The third-order valence-corrected chi connectivity index (χ3v) is 9.18. The molecule has 0 amide bonds. The number of ether oxygens (including phenoxy) is 2. The lowest BCUT2D eigenvalue weighted by Crippen LogP contribution is -2.34. The first kappa shape index (κ1) is 29.3. The van der Waals surface area contributed by atoms with Crippen LogP contribution in [0.1, 0.15) is 65.6 Å². The van der Waals surface area contributed by atoms with Crippen molar-refractivity contribution in [3.8, 4) is 11.5 Å². The maximum atomic E-state index is 14.9. The molecule has 232 valence electrons. The molecule has 4 heterocycles. The van der Waals surface area contributed by atoms with Crippen molar-refractivity contribution < 1.29 is 23.8 Å². The minimum absolute atomic E-state index is 0.122. The molecule has 5 aromatic rings. The third-order valence-electron chi connectivity index (χ3n) is 8.95. The predicted octanol–water partition coefficient (Wildman–Crippen LogP) is 5.48. The van der Waals surface area contributed by atoms with Crippen LogP contribution >= 0.6 is 11.6 Å². The Morgan fingerprint density at radius 2 is 1.93 bits per heavy atom. The standard InChI is InChI=1S/C34H33ClFN5O4/c1-3-40-20-37-17-24(40)18-41-29-15-22(33(42)43)7-10-28(29)38-31(41)19-39-13-11-21(12-14-39)25-5-4-6-30-32(25)45-34(2,44-30)26-9-8-23(35)16-27(26)36/h4-10,15-17,20-21H,3,11-14,18-19H2,1-2H3,(H,42,43)/p-1. The largest absolute Gasteiger partial charge is 0.545 e. The molecule has 1 atom stereocenters. The zero-order valence-electron chi connectivity index (χ0n) is 25.0. The first-order valence-electron chi connectivity index (χ1n) is 15.1. The summed E-state index contributed by atoms with van der Waals surface area (Å²) in [5.74, 6) is -0.632. The highest BCUT2D eigenvalue weighted by Crippen LogP contribution is 2.49. The Bertz CT molecular complexity index is 1910. The number of aryl methyl sites for hydroxylation is 1. The molecule has 0 bridgehead atoms. The van der Waals surface area contributed by atoms with E-state index in [-0.39, 0.29) is 11.5 Å². The summed E-state index contributed by atoms with van der Waals surface area (Å²) >= 11 is 5.98. The van der Waals surface area contributed by atoms with Crippen LogP contribution in [0.3, 0.4) is 0 Å². The van der Waals surface area contributed by atoms with Gasteiger partial charge < -0.3 is 28.5 Å². The Kier molecular flexibility index (Phi) is 7.49. The van der Waals surface area contributed by atoms with Gasteiger partial charge in [0.1, 0.15) is 11.6 Å². The number of hydrogen-bond donors (Lipinski definition) is 0. The quantitative estimate of drug-likeness (QED) is 0.224. The van der Waals surface area contributed by atoms with Gasteiger partial charge in [-0.3, -0.25) is 4.90 Å². The van der Waals surface area contributed by atoms with Crippen molar-refractivity contribution >= 4 is 28.6 Å². The van der Waals surface area contributed by atoms with Gasteiger partial charge in [-0.25, -0.2) is 14.4 Å². The maximum Gasteiger partial charge on any atom is 0.278 e. The van der Waals surface area contributed by atoms with E-state index in [0.717, 1.165) is 60.6 Å². The number of fused-ring (bicyclic) bond motifs is 2. The molecule has 3 aromatic carbocycles. The topological polar surface area (TPSA) is 97.5 Å². The summed E-state index contributed by atoms with van der Waals surface area (Å²) in [6, 6.07) is 15.3. The molecule has 11 heteroatoms. The molecule has 2 aliphatic rings. The fourth-order valence-corrected chi connectivity index (χ4v) is 6.72. The molecule has 0 radical (unpaired) electrons. The second-order valence-electron chi connectivity index (χ2n) is 11.8. The van der Waals surface area contributed by atoms with Crippen molar-refractivity contribution in [2.75, 3.05) is 13.1 Å². The lowest BCUT2D eigenvalue weighted by atomic mass is 9.88. The number of likely N-dealkylation sites (tertiary alicyclic amines) is 1. The highest BCUT2D eigenvalue weighted by Gasteiger charge is 2.43.